The summed E-state index contributed by atoms with van der Waals surface area (Å²) in [4.78, 5) is 13.8. The molecule has 0 amide bonds. The van der Waals surface area contributed by atoms with Crippen LogP contribution in [0.3, 0.4) is 0 Å². The molecule has 0 atom stereocenters. The SMILES string of the molecule is O=CCc1ccnc(Cl)c1. The number of halogens is 1. The van der Waals surface area contributed by atoms with Crippen LogP contribution in [0.25, 0.3) is 0 Å². The molecule has 2 nitrogen and oxygen atoms in total. The van der Waals surface area contributed by atoms with Crippen LogP contribution in [0.2, 0.25) is 5.15 Å². The summed E-state index contributed by atoms with van der Waals surface area (Å²) in [5.74, 6) is 0. The van der Waals surface area contributed by atoms with Crippen molar-refractivity contribution in [2.75, 3.05) is 0 Å². The van der Waals surface area contributed by atoms with Crippen molar-refractivity contribution in [3.63, 3.8) is 0 Å². The minimum absolute atomic E-state index is 0.405. The number of hydrogen-bond donors (Lipinski definition) is 0. The van der Waals surface area contributed by atoms with E-state index in [4.69, 9.17) is 11.6 Å². The standard InChI is InChI=1S/C7H6ClNO/c8-7-5-6(2-4-10)1-3-9-7/h1,3-5H,2H2. The highest BCUT2D eigenvalue weighted by Gasteiger charge is 1.91. The molecule has 0 aromatic carbocycles. The smallest absolute Gasteiger partial charge is 0.129 e. The first-order valence-electron chi connectivity index (χ1n) is 2.87. The molecular weight excluding hydrogens is 150 g/mol. The van der Waals surface area contributed by atoms with Crippen molar-refractivity contribution >= 4 is 17.9 Å². The first-order chi connectivity index (χ1) is 4.83. The van der Waals surface area contributed by atoms with Gasteiger partial charge in [-0.05, 0) is 17.7 Å². The van der Waals surface area contributed by atoms with E-state index in [1.54, 1.807) is 18.3 Å². The lowest BCUT2D eigenvalue weighted by atomic mass is 10.2. The second kappa shape index (κ2) is 3.32. The number of carbonyl (C=O) groups is 1. The summed E-state index contributed by atoms with van der Waals surface area (Å²) in [5.41, 5.74) is 0.898. The molecule has 0 saturated heterocycles. The summed E-state index contributed by atoms with van der Waals surface area (Å²) in [5, 5.41) is 0.430. The Hall–Kier alpha value is -0.890. The number of carbonyl (C=O) groups excluding carboxylic acids is 1. The van der Waals surface area contributed by atoms with Crippen LogP contribution in [0.4, 0.5) is 0 Å². The molecule has 1 aromatic rings. The van der Waals surface area contributed by atoms with E-state index < -0.39 is 0 Å². The molecule has 3 heteroatoms. The molecular formula is C7H6ClNO. The number of rotatable bonds is 2. The highest BCUT2D eigenvalue weighted by Crippen LogP contribution is 2.06. The van der Waals surface area contributed by atoms with E-state index in [1.807, 2.05) is 0 Å². The normalized spacial score (nSPS) is 9.30. The van der Waals surface area contributed by atoms with Crippen LogP contribution in [0.15, 0.2) is 18.3 Å². The molecule has 0 aliphatic heterocycles. The number of aromatic nitrogens is 1. The minimum atomic E-state index is 0.405. The highest BCUT2D eigenvalue weighted by molar-refractivity contribution is 6.29. The van der Waals surface area contributed by atoms with E-state index in [-0.39, 0.29) is 0 Å². The van der Waals surface area contributed by atoms with Gasteiger partial charge in [-0.3, -0.25) is 0 Å². The predicted molar refractivity (Wildman–Crippen MR) is 39.0 cm³/mol. The summed E-state index contributed by atoms with van der Waals surface area (Å²) in [6, 6.07) is 3.44. The molecule has 1 aromatic heterocycles. The van der Waals surface area contributed by atoms with Crippen LogP contribution in [-0.4, -0.2) is 11.3 Å². The number of pyridine rings is 1. The summed E-state index contributed by atoms with van der Waals surface area (Å²) in [6.45, 7) is 0. The third kappa shape index (κ3) is 1.81. The quantitative estimate of drug-likeness (QED) is 0.478. The summed E-state index contributed by atoms with van der Waals surface area (Å²) < 4.78 is 0. The maximum atomic E-state index is 10.0. The van der Waals surface area contributed by atoms with Gasteiger partial charge < -0.3 is 4.79 Å². The van der Waals surface area contributed by atoms with Crippen molar-refractivity contribution in [1.82, 2.24) is 4.98 Å². The van der Waals surface area contributed by atoms with Gasteiger partial charge in [0.05, 0.1) is 0 Å². The Morgan fingerprint density at radius 2 is 2.50 bits per heavy atom. The van der Waals surface area contributed by atoms with Gasteiger partial charge in [-0.1, -0.05) is 11.6 Å². The molecule has 52 valence electrons. The molecule has 0 aliphatic rings. The number of nitrogens with zero attached hydrogens (tertiary/aromatic N) is 1. The van der Waals surface area contributed by atoms with Crippen LogP contribution in [-0.2, 0) is 11.2 Å². The monoisotopic (exact) mass is 155 g/mol. The Morgan fingerprint density at radius 3 is 3.10 bits per heavy atom. The van der Waals surface area contributed by atoms with Gasteiger partial charge >= 0.3 is 0 Å². The first-order valence-corrected chi connectivity index (χ1v) is 3.25. The van der Waals surface area contributed by atoms with Gasteiger partial charge in [0, 0.05) is 12.6 Å². The Balaban J connectivity index is 2.84. The third-order valence-electron chi connectivity index (χ3n) is 1.11. The van der Waals surface area contributed by atoms with E-state index in [0.717, 1.165) is 11.8 Å². The van der Waals surface area contributed by atoms with Gasteiger partial charge in [0.1, 0.15) is 11.4 Å². The number of hydrogen-bond acceptors (Lipinski definition) is 2. The van der Waals surface area contributed by atoms with E-state index in [1.165, 1.54) is 0 Å². The molecule has 0 radical (unpaired) electrons. The Kier molecular flexibility index (Phi) is 2.40. The molecule has 0 fully saturated rings. The predicted octanol–water partition coefficient (Wildman–Crippen LogP) is 1.48. The van der Waals surface area contributed by atoms with Gasteiger partial charge in [-0.2, -0.15) is 0 Å². The molecule has 10 heavy (non-hydrogen) atoms. The lowest BCUT2D eigenvalue weighted by molar-refractivity contribution is -0.107. The van der Waals surface area contributed by atoms with Crippen molar-refractivity contribution < 1.29 is 4.79 Å². The van der Waals surface area contributed by atoms with Crippen LogP contribution >= 0.6 is 11.6 Å². The molecule has 0 saturated carbocycles. The average Bonchev–Trinajstić information content (AvgIpc) is 1.88. The van der Waals surface area contributed by atoms with Crippen molar-refractivity contribution in [2.45, 2.75) is 6.42 Å². The maximum absolute atomic E-state index is 10.0. The average molecular weight is 156 g/mol. The Bertz CT molecular complexity index is 237. The van der Waals surface area contributed by atoms with Gasteiger partial charge in [0.15, 0.2) is 0 Å². The van der Waals surface area contributed by atoms with Crippen molar-refractivity contribution in [3.05, 3.63) is 29.0 Å². The van der Waals surface area contributed by atoms with Gasteiger partial charge in [-0.25, -0.2) is 4.98 Å². The Morgan fingerprint density at radius 1 is 1.70 bits per heavy atom. The first kappa shape index (κ1) is 7.22. The molecule has 0 unspecified atom stereocenters. The van der Waals surface area contributed by atoms with Gasteiger partial charge in [0.2, 0.25) is 0 Å². The van der Waals surface area contributed by atoms with Crippen molar-refractivity contribution in [3.8, 4) is 0 Å². The fourth-order valence-corrected chi connectivity index (χ4v) is 0.862. The fraction of sp³-hybridized carbons (Fsp3) is 0.143. The van der Waals surface area contributed by atoms with Gasteiger partial charge in [0.25, 0.3) is 0 Å². The van der Waals surface area contributed by atoms with Gasteiger partial charge in [-0.15, -0.1) is 0 Å². The summed E-state index contributed by atoms with van der Waals surface area (Å²) in [7, 11) is 0. The lowest BCUT2D eigenvalue weighted by Crippen LogP contribution is -1.85. The van der Waals surface area contributed by atoms with E-state index in [0.29, 0.717) is 11.6 Å². The molecule has 0 N–H and O–H groups in total. The third-order valence-corrected chi connectivity index (χ3v) is 1.32. The zero-order chi connectivity index (χ0) is 7.40. The molecule has 0 bridgehead atoms. The zero-order valence-electron chi connectivity index (χ0n) is 5.25. The topological polar surface area (TPSA) is 30.0 Å². The molecule has 0 aliphatic carbocycles. The Labute approximate surface area is 63.8 Å². The van der Waals surface area contributed by atoms with E-state index >= 15 is 0 Å². The summed E-state index contributed by atoms with van der Waals surface area (Å²) >= 11 is 5.55. The second-order valence-corrected chi connectivity index (χ2v) is 2.24. The minimum Gasteiger partial charge on any atom is -0.303 e. The maximum Gasteiger partial charge on any atom is 0.129 e. The summed E-state index contributed by atoms with van der Waals surface area (Å²) in [6.07, 6.45) is 2.83. The largest absolute Gasteiger partial charge is 0.303 e. The second-order valence-electron chi connectivity index (χ2n) is 1.86. The van der Waals surface area contributed by atoms with Crippen molar-refractivity contribution in [2.24, 2.45) is 0 Å². The lowest BCUT2D eigenvalue weighted by Gasteiger charge is -1.92. The highest BCUT2D eigenvalue weighted by atomic mass is 35.5. The number of aldehydes is 1. The fourth-order valence-electron chi connectivity index (χ4n) is 0.666. The molecule has 1 rings (SSSR count). The van der Waals surface area contributed by atoms with Crippen LogP contribution in [0.1, 0.15) is 5.56 Å². The molecule has 1 heterocycles. The van der Waals surface area contributed by atoms with Crippen molar-refractivity contribution in [1.29, 1.82) is 0 Å². The zero-order valence-corrected chi connectivity index (χ0v) is 6.01. The van der Waals surface area contributed by atoms with Crippen LogP contribution in [0, 0.1) is 0 Å². The van der Waals surface area contributed by atoms with E-state index in [9.17, 15) is 4.79 Å². The molecule has 0 spiro atoms. The van der Waals surface area contributed by atoms with E-state index in [2.05, 4.69) is 4.98 Å². The van der Waals surface area contributed by atoms with Crippen LogP contribution in [0.5, 0.6) is 0 Å². The van der Waals surface area contributed by atoms with Crippen LogP contribution < -0.4 is 0 Å².